The number of sulfonamides is 1. The molecule has 158 valence electrons. The number of aromatic nitrogens is 2. The number of anilines is 1. The summed E-state index contributed by atoms with van der Waals surface area (Å²) in [6.07, 6.45) is 0. The minimum absolute atomic E-state index is 0.102. The molecule has 0 bridgehead atoms. The van der Waals surface area contributed by atoms with Crippen molar-refractivity contribution in [1.29, 1.82) is 0 Å². The van der Waals surface area contributed by atoms with Gasteiger partial charge in [-0.25, -0.2) is 12.7 Å². The maximum atomic E-state index is 12.4. The first-order valence-electron chi connectivity index (χ1n) is 8.66. The fourth-order valence-corrected chi connectivity index (χ4v) is 3.42. The van der Waals surface area contributed by atoms with Gasteiger partial charge < -0.3 is 13.9 Å². The molecular weight excluding hydrogens is 412 g/mol. The van der Waals surface area contributed by atoms with Crippen LogP contribution >= 0.6 is 0 Å². The van der Waals surface area contributed by atoms with Gasteiger partial charge in [-0.15, -0.1) is 5.10 Å². The lowest BCUT2D eigenvalue weighted by atomic mass is 10.2. The van der Waals surface area contributed by atoms with E-state index in [1.807, 2.05) is 0 Å². The van der Waals surface area contributed by atoms with Crippen LogP contribution in [0.1, 0.15) is 10.4 Å². The van der Waals surface area contributed by atoms with Crippen LogP contribution in [0.4, 0.5) is 6.01 Å². The fraction of sp³-hybridized carbons (Fsp3) is 0.211. The molecule has 2 aromatic carbocycles. The number of benzene rings is 2. The third-order valence-corrected chi connectivity index (χ3v) is 6.00. The molecule has 0 saturated heterocycles. The predicted molar refractivity (Wildman–Crippen MR) is 108 cm³/mol. The van der Waals surface area contributed by atoms with E-state index in [1.54, 1.807) is 24.3 Å². The summed E-state index contributed by atoms with van der Waals surface area (Å²) in [5, 5.41) is 10.2. The number of nitrogens with one attached hydrogen (secondary N) is 1. The summed E-state index contributed by atoms with van der Waals surface area (Å²) >= 11 is 0. The van der Waals surface area contributed by atoms with Gasteiger partial charge in [0.05, 0.1) is 19.1 Å². The highest BCUT2D eigenvalue weighted by atomic mass is 32.2. The number of nitrogens with zero attached hydrogens (tertiary/aromatic N) is 3. The summed E-state index contributed by atoms with van der Waals surface area (Å²) in [6.45, 7) is 0. The minimum Gasteiger partial charge on any atom is -0.493 e. The standard InChI is InChI=1S/C19H20N4O6S/c1-23(2)30(25,26)14-8-5-12(6-9-14)18-21-22-19(29-18)20-17(24)13-7-10-15(27-3)16(11-13)28-4/h5-11H,1-4H3,(H,20,22,24). The number of ether oxygens (including phenoxy) is 2. The average molecular weight is 432 g/mol. The first-order chi connectivity index (χ1) is 14.3. The van der Waals surface area contributed by atoms with Crippen LogP contribution < -0.4 is 14.8 Å². The van der Waals surface area contributed by atoms with Crippen molar-refractivity contribution in [3.8, 4) is 23.0 Å². The van der Waals surface area contributed by atoms with Gasteiger partial charge in [-0.3, -0.25) is 10.1 Å². The Labute approximate surface area is 173 Å². The van der Waals surface area contributed by atoms with Gasteiger partial charge >= 0.3 is 6.01 Å². The zero-order valence-corrected chi connectivity index (χ0v) is 17.6. The van der Waals surface area contributed by atoms with E-state index in [4.69, 9.17) is 13.9 Å². The van der Waals surface area contributed by atoms with E-state index in [9.17, 15) is 13.2 Å². The molecule has 0 aliphatic heterocycles. The number of carbonyl (C=O) groups excluding carboxylic acids is 1. The largest absolute Gasteiger partial charge is 0.493 e. The number of carbonyl (C=O) groups is 1. The quantitative estimate of drug-likeness (QED) is 0.603. The zero-order chi connectivity index (χ0) is 21.9. The summed E-state index contributed by atoms with van der Waals surface area (Å²) in [6, 6.07) is 10.6. The molecule has 1 N–H and O–H groups in total. The highest BCUT2D eigenvalue weighted by molar-refractivity contribution is 7.89. The van der Waals surface area contributed by atoms with Crippen LogP contribution in [0.25, 0.3) is 11.5 Å². The first-order valence-corrected chi connectivity index (χ1v) is 10.1. The Hall–Kier alpha value is -3.44. The Morgan fingerprint density at radius 1 is 1.00 bits per heavy atom. The van der Waals surface area contributed by atoms with Crippen molar-refractivity contribution in [1.82, 2.24) is 14.5 Å². The van der Waals surface area contributed by atoms with Crippen LogP contribution in [0.5, 0.6) is 11.5 Å². The van der Waals surface area contributed by atoms with E-state index in [0.29, 0.717) is 22.6 Å². The molecule has 30 heavy (non-hydrogen) atoms. The smallest absolute Gasteiger partial charge is 0.322 e. The Bertz CT molecular complexity index is 1160. The van der Waals surface area contributed by atoms with Crippen LogP contribution in [0.15, 0.2) is 51.8 Å². The van der Waals surface area contributed by atoms with Gasteiger partial charge in [0.1, 0.15) is 0 Å². The van der Waals surface area contributed by atoms with Gasteiger partial charge in [0.2, 0.25) is 15.9 Å². The summed E-state index contributed by atoms with van der Waals surface area (Å²) in [7, 11) is 2.34. The van der Waals surface area contributed by atoms with Gasteiger partial charge in [0.25, 0.3) is 5.91 Å². The molecule has 10 nitrogen and oxygen atoms in total. The van der Waals surface area contributed by atoms with Crippen LogP contribution in [0, 0.1) is 0 Å². The van der Waals surface area contributed by atoms with Crippen molar-refractivity contribution in [2.75, 3.05) is 33.6 Å². The van der Waals surface area contributed by atoms with E-state index in [1.165, 1.54) is 46.5 Å². The van der Waals surface area contributed by atoms with Gasteiger partial charge in [0, 0.05) is 25.2 Å². The monoisotopic (exact) mass is 432 g/mol. The summed E-state index contributed by atoms with van der Waals surface area (Å²) in [5.41, 5.74) is 0.817. The van der Waals surface area contributed by atoms with E-state index in [-0.39, 0.29) is 16.8 Å². The lowest BCUT2D eigenvalue weighted by Crippen LogP contribution is -2.22. The number of amides is 1. The van der Waals surface area contributed by atoms with Crippen molar-refractivity contribution in [2.24, 2.45) is 0 Å². The van der Waals surface area contributed by atoms with E-state index in [2.05, 4.69) is 15.5 Å². The number of hydrogen-bond acceptors (Lipinski definition) is 8. The number of rotatable bonds is 7. The Morgan fingerprint density at radius 2 is 1.67 bits per heavy atom. The molecule has 0 fully saturated rings. The second-order valence-electron chi connectivity index (χ2n) is 6.25. The summed E-state index contributed by atoms with van der Waals surface area (Å²) in [5.74, 6) is 0.558. The maximum absolute atomic E-state index is 12.4. The molecule has 0 saturated carbocycles. The van der Waals surface area contributed by atoms with Crippen LogP contribution in [0.2, 0.25) is 0 Å². The van der Waals surface area contributed by atoms with Crippen LogP contribution in [0.3, 0.4) is 0 Å². The van der Waals surface area contributed by atoms with Crippen molar-refractivity contribution in [3.63, 3.8) is 0 Å². The summed E-state index contributed by atoms with van der Waals surface area (Å²) in [4.78, 5) is 12.6. The first kappa shape index (κ1) is 21.3. The topological polar surface area (TPSA) is 124 Å². The Kier molecular flexibility index (Phi) is 6.04. The molecule has 1 aromatic heterocycles. The molecule has 0 unspecified atom stereocenters. The van der Waals surface area contributed by atoms with Gasteiger partial charge in [-0.05, 0) is 42.5 Å². The van der Waals surface area contributed by atoms with Crippen molar-refractivity contribution in [2.45, 2.75) is 4.90 Å². The highest BCUT2D eigenvalue weighted by Crippen LogP contribution is 2.28. The molecule has 0 atom stereocenters. The molecule has 3 aromatic rings. The lowest BCUT2D eigenvalue weighted by Gasteiger charge is -2.11. The van der Waals surface area contributed by atoms with Gasteiger partial charge in [-0.1, -0.05) is 5.10 Å². The van der Waals surface area contributed by atoms with E-state index < -0.39 is 15.9 Å². The molecule has 1 amide bonds. The fourth-order valence-electron chi connectivity index (χ4n) is 2.52. The molecule has 3 rings (SSSR count). The van der Waals surface area contributed by atoms with E-state index >= 15 is 0 Å². The second kappa shape index (κ2) is 8.51. The molecular formula is C19H20N4O6S. The van der Waals surface area contributed by atoms with Gasteiger partial charge in [-0.2, -0.15) is 0 Å². The van der Waals surface area contributed by atoms with E-state index in [0.717, 1.165) is 4.31 Å². The van der Waals surface area contributed by atoms with Crippen LogP contribution in [-0.4, -0.2) is 57.1 Å². The van der Waals surface area contributed by atoms with Crippen molar-refractivity contribution >= 4 is 21.9 Å². The number of methoxy groups -OCH3 is 2. The third kappa shape index (κ3) is 4.26. The molecule has 0 spiro atoms. The third-order valence-electron chi connectivity index (χ3n) is 4.17. The predicted octanol–water partition coefficient (Wildman–Crippen LogP) is 2.26. The van der Waals surface area contributed by atoms with Crippen molar-refractivity contribution in [3.05, 3.63) is 48.0 Å². The summed E-state index contributed by atoms with van der Waals surface area (Å²) < 4.78 is 41.2. The molecule has 1 heterocycles. The molecule has 0 aliphatic rings. The normalized spacial score (nSPS) is 11.4. The Balaban J connectivity index is 1.76. The molecule has 0 aliphatic carbocycles. The second-order valence-corrected chi connectivity index (χ2v) is 8.40. The average Bonchev–Trinajstić information content (AvgIpc) is 3.21. The number of hydrogen-bond donors (Lipinski definition) is 1. The Morgan fingerprint density at radius 3 is 2.27 bits per heavy atom. The zero-order valence-electron chi connectivity index (χ0n) is 16.7. The van der Waals surface area contributed by atoms with Crippen LogP contribution in [-0.2, 0) is 10.0 Å². The van der Waals surface area contributed by atoms with Gasteiger partial charge in [0.15, 0.2) is 11.5 Å². The minimum atomic E-state index is -3.54. The highest BCUT2D eigenvalue weighted by Gasteiger charge is 2.18. The van der Waals surface area contributed by atoms with Crippen molar-refractivity contribution < 1.29 is 27.1 Å². The SMILES string of the molecule is COc1ccc(C(=O)Nc2nnc(-c3ccc(S(=O)(=O)N(C)C)cc3)o2)cc1OC. The maximum Gasteiger partial charge on any atom is 0.322 e. The lowest BCUT2D eigenvalue weighted by molar-refractivity contribution is 0.102. The molecule has 0 radical (unpaired) electrons. The molecule has 11 heteroatoms.